The molecule has 0 aliphatic rings. The van der Waals surface area contributed by atoms with Crippen LogP contribution >= 0.6 is 15.9 Å². The second-order valence-electron chi connectivity index (χ2n) is 3.87. The van der Waals surface area contributed by atoms with E-state index in [-0.39, 0.29) is 5.82 Å². The molecule has 5 heteroatoms. The second kappa shape index (κ2) is 4.93. The zero-order chi connectivity index (χ0) is 13.2. The van der Waals surface area contributed by atoms with E-state index in [0.29, 0.717) is 16.1 Å². The van der Waals surface area contributed by atoms with Gasteiger partial charge in [0.2, 0.25) is 5.88 Å². The lowest BCUT2D eigenvalue weighted by Gasteiger charge is -2.07. The van der Waals surface area contributed by atoms with Crippen LogP contribution in [0.3, 0.4) is 0 Å². The molecule has 0 amide bonds. The molecule has 3 aromatic rings. The van der Waals surface area contributed by atoms with E-state index in [1.54, 1.807) is 12.1 Å². The summed E-state index contributed by atoms with van der Waals surface area (Å²) >= 11 is 3.10. The van der Waals surface area contributed by atoms with E-state index in [1.165, 1.54) is 12.4 Å². The Morgan fingerprint density at radius 1 is 1.05 bits per heavy atom. The molecule has 0 saturated heterocycles. The van der Waals surface area contributed by atoms with Crippen molar-refractivity contribution in [3.05, 3.63) is 59.1 Å². The van der Waals surface area contributed by atoms with Crippen molar-refractivity contribution < 1.29 is 9.13 Å². The molecule has 1 aromatic heterocycles. The summed E-state index contributed by atoms with van der Waals surface area (Å²) in [6.07, 6.45) is 1.42. The molecule has 0 aliphatic carbocycles. The van der Waals surface area contributed by atoms with Crippen molar-refractivity contribution >= 4 is 26.8 Å². The number of hydrogen-bond acceptors (Lipinski definition) is 3. The number of fused-ring (bicyclic) bond motifs is 1. The third-order valence-corrected chi connectivity index (χ3v) is 3.25. The largest absolute Gasteiger partial charge is 0.438 e. The maximum absolute atomic E-state index is 13.4. The van der Waals surface area contributed by atoms with Crippen LogP contribution in [0.15, 0.2) is 53.3 Å². The average molecular weight is 319 g/mol. The summed E-state index contributed by atoms with van der Waals surface area (Å²) in [7, 11) is 0. The maximum atomic E-state index is 13.4. The van der Waals surface area contributed by atoms with Gasteiger partial charge in [0, 0.05) is 6.07 Å². The van der Waals surface area contributed by atoms with Crippen LogP contribution in [0.2, 0.25) is 0 Å². The normalized spacial score (nSPS) is 10.6. The van der Waals surface area contributed by atoms with Crippen LogP contribution in [-0.4, -0.2) is 9.97 Å². The zero-order valence-corrected chi connectivity index (χ0v) is 11.3. The van der Waals surface area contributed by atoms with Gasteiger partial charge in [-0.3, -0.25) is 0 Å². The highest BCUT2D eigenvalue weighted by molar-refractivity contribution is 9.10. The molecule has 3 rings (SSSR count). The van der Waals surface area contributed by atoms with Crippen molar-refractivity contribution in [1.29, 1.82) is 0 Å². The fourth-order valence-corrected chi connectivity index (χ4v) is 1.96. The molecule has 0 N–H and O–H groups in total. The molecule has 1 heterocycles. The van der Waals surface area contributed by atoms with Gasteiger partial charge in [0.05, 0.1) is 15.4 Å². The Morgan fingerprint density at radius 3 is 2.74 bits per heavy atom. The monoisotopic (exact) mass is 318 g/mol. The molecular weight excluding hydrogens is 311 g/mol. The van der Waals surface area contributed by atoms with Gasteiger partial charge in [0.15, 0.2) is 0 Å². The van der Waals surface area contributed by atoms with Crippen molar-refractivity contribution in [3.8, 4) is 11.6 Å². The van der Waals surface area contributed by atoms with Gasteiger partial charge < -0.3 is 4.74 Å². The predicted molar refractivity (Wildman–Crippen MR) is 73.7 cm³/mol. The Hall–Kier alpha value is -2.01. The molecule has 0 radical (unpaired) electrons. The quantitative estimate of drug-likeness (QED) is 0.705. The SMILES string of the molecule is Fc1cc(Oc2ncnc3ccccc23)ccc1Br. The smallest absolute Gasteiger partial charge is 0.230 e. The molecular formula is C14H8BrFN2O. The topological polar surface area (TPSA) is 35.0 Å². The summed E-state index contributed by atoms with van der Waals surface area (Å²) in [5, 5.41) is 0.785. The number of ether oxygens (including phenoxy) is 1. The van der Waals surface area contributed by atoms with E-state index >= 15 is 0 Å². The van der Waals surface area contributed by atoms with E-state index in [9.17, 15) is 4.39 Å². The van der Waals surface area contributed by atoms with Crippen LogP contribution < -0.4 is 4.74 Å². The van der Waals surface area contributed by atoms with Crippen molar-refractivity contribution in [2.75, 3.05) is 0 Å². The van der Waals surface area contributed by atoms with Crippen molar-refractivity contribution in [2.45, 2.75) is 0 Å². The Labute approximate surface area is 117 Å². The van der Waals surface area contributed by atoms with Gasteiger partial charge in [0.25, 0.3) is 0 Å². The molecule has 0 aliphatic heterocycles. The molecule has 0 unspecified atom stereocenters. The number of benzene rings is 2. The van der Waals surface area contributed by atoms with E-state index in [2.05, 4.69) is 25.9 Å². The third-order valence-electron chi connectivity index (χ3n) is 2.61. The number of para-hydroxylation sites is 1. The number of hydrogen-bond donors (Lipinski definition) is 0. The molecule has 19 heavy (non-hydrogen) atoms. The summed E-state index contributed by atoms with van der Waals surface area (Å²) < 4.78 is 19.4. The van der Waals surface area contributed by atoms with Crippen molar-refractivity contribution in [3.63, 3.8) is 0 Å². The molecule has 3 nitrogen and oxygen atoms in total. The fraction of sp³-hybridized carbons (Fsp3) is 0. The molecule has 0 fully saturated rings. The highest BCUT2D eigenvalue weighted by atomic mass is 79.9. The molecule has 0 spiro atoms. The lowest BCUT2D eigenvalue weighted by atomic mass is 10.2. The predicted octanol–water partition coefficient (Wildman–Crippen LogP) is 4.32. The third kappa shape index (κ3) is 2.42. The van der Waals surface area contributed by atoms with Gasteiger partial charge in [-0.25, -0.2) is 14.4 Å². The first kappa shape index (κ1) is 12.0. The Bertz CT molecular complexity index is 743. The number of rotatable bonds is 2. The van der Waals surface area contributed by atoms with Gasteiger partial charge in [-0.05, 0) is 40.2 Å². The summed E-state index contributed by atoms with van der Waals surface area (Å²) in [6.45, 7) is 0. The average Bonchev–Trinajstić information content (AvgIpc) is 2.43. The minimum atomic E-state index is -0.379. The number of aromatic nitrogens is 2. The Balaban J connectivity index is 2.03. The van der Waals surface area contributed by atoms with Gasteiger partial charge in [-0.1, -0.05) is 12.1 Å². The summed E-state index contributed by atoms with van der Waals surface area (Å²) in [5.74, 6) is 0.424. The van der Waals surface area contributed by atoms with Crippen LogP contribution in [0, 0.1) is 5.82 Å². The first-order valence-electron chi connectivity index (χ1n) is 5.57. The van der Waals surface area contributed by atoms with Crippen LogP contribution in [-0.2, 0) is 0 Å². The van der Waals surface area contributed by atoms with Crippen LogP contribution in [0.1, 0.15) is 0 Å². The van der Waals surface area contributed by atoms with Crippen LogP contribution in [0.25, 0.3) is 10.9 Å². The van der Waals surface area contributed by atoms with Crippen LogP contribution in [0.4, 0.5) is 4.39 Å². The molecule has 0 atom stereocenters. The fourth-order valence-electron chi connectivity index (χ4n) is 1.71. The van der Waals surface area contributed by atoms with Crippen molar-refractivity contribution in [2.24, 2.45) is 0 Å². The highest BCUT2D eigenvalue weighted by Crippen LogP contribution is 2.28. The van der Waals surface area contributed by atoms with Gasteiger partial charge >= 0.3 is 0 Å². The minimum absolute atomic E-state index is 0.379. The number of halogens is 2. The van der Waals surface area contributed by atoms with Gasteiger partial charge in [0.1, 0.15) is 17.9 Å². The lowest BCUT2D eigenvalue weighted by molar-refractivity contribution is 0.462. The molecule has 0 saturated carbocycles. The van der Waals surface area contributed by atoms with E-state index < -0.39 is 0 Å². The summed E-state index contributed by atoms with van der Waals surface area (Å²) in [6, 6.07) is 12.1. The molecule has 94 valence electrons. The van der Waals surface area contributed by atoms with Crippen molar-refractivity contribution in [1.82, 2.24) is 9.97 Å². The van der Waals surface area contributed by atoms with Gasteiger partial charge in [-0.2, -0.15) is 0 Å². The zero-order valence-electron chi connectivity index (χ0n) is 9.68. The van der Waals surface area contributed by atoms with E-state index in [4.69, 9.17) is 4.74 Å². The highest BCUT2D eigenvalue weighted by Gasteiger charge is 2.07. The minimum Gasteiger partial charge on any atom is -0.438 e. The second-order valence-corrected chi connectivity index (χ2v) is 4.73. The summed E-state index contributed by atoms with van der Waals surface area (Å²) in [5.41, 5.74) is 0.782. The van der Waals surface area contributed by atoms with E-state index in [0.717, 1.165) is 10.9 Å². The summed E-state index contributed by atoms with van der Waals surface area (Å²) in [4.78, 5) is 8.23. The Kier molecular flexibility index (Phi) is 3.13. The molecule has 2 aromatic carbocycles. The first-order valence-corrected chi connectivity index (χ1v) is 6.36. The number of nitrogens with zero attached hydrogens (tertiary/aromatic N) is 2. The first-order chi connectivity index (χ1) is 9.24. The Morgan fingerprint density at radius 2 is 1.89 bits per heavy atom. The molecule has 0 bridgehead atoms. The van der Waals surface area contributed by atoms with Crippen LogP contribution in [0.5, 0.6) is 11.6 Å². The standard InChI is InChI=1S/C14H8BrFN2O/c15-11-6-5-9(7-12(11)16)19-14-10-3-1-2-4-13(10)17-8-18-14/h1-8H. The van der Waals surface area contributed by atoms with Gasteiger partial charge in [-0.15, -0.1) is 0 Å². The lowest BCUT2D eigenvalue weighted by Crippen LogP contribution is -1.91. The van der Waals surface area contributed by atoms with E-state index in [1.807, 2.05) is 24.3 Å². The maximum Gasteiger partial charge on any atom is 0.230 e.